The second-order valence-electron chi connectivity index (χ2n) is 8.29. The Morgan fingerprint density at radius 2 is 1.64 bits per heavy atom. The summed E-state index contributed by atoms with van der Waals surface area (Å²) in [7, 11) is 0.585. The normalized spacial score (nSPS) is 15.7. The van der Waals surface area contributed by atoms with Gasteiger partial charge >= 0.3 is 0 Å². The molecule has 1 aliphatic heterocycles. The molecule has 1 amide bonds. The molecule has 2 aromatic rings. The summed E-state index contributed by atoms with van der Waals surface area (Å²) < 4.78 is 45.1. The molecule has 0 radical (unpaired) electrons. The van der Waals surface area contributed by atoms with Crippen LogP contribution in [0.3, 0.4) is 0 Å². The first-order valence-corrected chi connectivity index (χ1v) is 12.4. The molecule has 9 heteroatoms. The summed E-state index contributed by atoms with van der Waals surface area (Å²) in [4.78, 5) is 14.9. The summed E-state index contributed by atoms with van der Waals surface area (Å²) in [5.74, 6) is 1.82. The van der Waals surface area contributed by atoms with Crippen molar-refractivity contribution in [2.75, 3.05) is 34.4 Å². The standard InChI is InChI=1S/C24H32N2O6S/c1-16-10-12-26(13-11-16)24(27)21-15-19(7-9-23(21)32-5)33(28,29)25-17(2)20-14-18(30-3)6-8-22(20)31-4/h6-9,14-17,25H,10-13H2,1-5H3/t17-/m0/s1. The molecule has 1 N–H and O–H groups in total. The number of methoxy groups -OCH3 is 3. The van der Waals surface area contributed by atoms with Gasteiger partial charge in [-0.05, 0) is 62.1 Å². The Labute approximate surface area is 195 Å². The van der Waals surface area contributed by atoms with E-state index < -0.39 is 16.1 Å². The van der Waals surface area contributed by atoms with Crippen LogP contribution in [0.5, 0.6) is 17.2 Å². The minimum absolute atomic E-state index is 0.00857. The Balaban J connectivity index is 1.89. The van der Waals surface area contributed by atoms with Crippen LogP contribution in [-0.4, -0.2) is 53.6 Å². The van der Waals surface area contributed by atoms with Gasteiger partial charge in [-0.25, -0.2) is 13.1 Å². The quantitative estimate of drug-likeness (QED) is 0.625. The van der Waals surface area contributed by atoms with Crippen molar-refractivity contribution in [2.24, 2.45) is 5.92 Å². The van der Waals surface area contributed by atoms with E-state index in [0.717, 1.165) is 12.8 Å². The van der Waals surface area contributed by atoms with Crippen LogP contribution in [0, 0.1) is 5.92 Å². The average molecular weight is 477 g/mol. The van der Waals surface area contributed by atoms with Crippen molar-refractivity contribution in [2.45, 2.75) is 37.6 Å². The highest BCUT2D eigenvalue weighted by molar-refractivity contribution is 7.89. The molecule has 1 aliphatic rings. The number of piperidine rings is 1. The molecule has 0 saturated carbocycles. The lowest BCUT2D eigenvalue weighted by atomic mass is 9.98. The molecule has 33 heavy (non-hydrogen) atoms. The Bertz CT molecular complexity index is 1090. The number of nitrogens with one attached hydrogen (secondary N) is 1. The number of benzene rings is 2. The molecule has 1 heterocycles. The van der Waals surface area contributed by atoms with Gasteiger partial charge in [-0.2, -0.15) is 0 Å². The van der Waals surface area contributed by atoms with Gasteiger partial charge in [0.2, 0.25) is 10.0 Å². The number of hydrogen-bond donors (Lipinski definition) is 1. The van der Waals surface area contributed by atoms with Gasteiger partial charge in [-0.15, -0.1) is 0 Å². The third-order valence-electron chi connectivity index (χ3n) is 6.02. The molecule has 180 valence electrons. The molecule has 1 saturated heterocycles. The van der Waals surface area contributed by atoms with Crippen LogP contribution in [0.2, 0.25) is 0 Å². The van der Waals surface area contributed by atoms with Crippen LogP contribution in [0.15, 0.2) is 41.3 Å². The van der Waals surface area contributed by atoms with Crippen molar-refractivity contribution >= 4 is 15.9 Å². The molecule has 2 aromatic carbocycles. The van der Waals surface area contributed by atoms with Gasteiger partial charge in [0.1, 0.15) is 17.2 Å². The lowest BCUT2D eigenvalue weighted by Crippen LogP contribution is -2.38. The zero-order valence-electron chi connectivity index (χ0n) is 19.8. The SMILES string of the molecule is COc1ccc(OC)c([C@H](C)NS(=O)(=O)c2ccc(OC)c(C(=O)N3CCC(C)CC3)c2)c1. The molecule has 0 aromatic heterocycles. The van der Waals surface area contributed by atoms with Crippen LogP contribution < -0.4 is 18.9 Å². The molecule has 1 fully saturated rings. The highest BCUT2D eigenvalue weighted by atomic mass is 32.2. The number of hydrogen-bond acceptors (Lipinski definition) is 6. The van der Waals surface area contributed by atoms with E-state index in [4.69, 9.17) is 14.2 Å². The van der Waals surface area contributed by atoms with Crippen molar-refractivity contribution in [1.29, 1.82) is 0 Å². The predicted molar refractivity (Wildman–Crippen MR) is 126 cm³/mol. The Morgan fingerprint density at radius 3 is 2.24 bits per heavy atom. The molecular weight excluding hydrogens is 444 g/mol. The zero-order chi connectivity index (χ0) is 24.2. The fourth-order valence-corrected chi connectivity index (χ4v) is 5.19. The average Bonchev–Trinajstić information content (AvgIpc) is 2.82. The predicted octanol–water partition coefficient (Wildman–Crippen LogP) is 3.62. The van der Waals surface area contributed by atoms with Gasteiger partial charge in [0.25, 0.3) is 5.91 Å². The number of likely N-dealkylation sites (tertiary alicyclic amines) is 1. The minimum atomic E-state index is -3.95. The van der Waals surface area contributed by atoms with Crippen molar-refractivity contribution < 1.29 is 27.4 Å². The molecule has 0 spiro atoms. The minimum Gasteiger partial charge on any atom is -0.497 e. The molecule has 0 unspecified atom stereocenters. The number of carbonyl (C=O) groups is 1. The summed E-state index contributed by atoms with van der Waals surface area (Å²) >= 11 is 0. The Hall–Kier alpha value is -2.78. The van der Waals surface area contributed by atoms with Crippen LogP contribution in [0.25, 0.3) is 0 Å². The maximum absolute atomic E-state index is 13.2. The maximum Gasteiger partial charge on any atom is 0.257 e. The van der Waals surface area contributed by atoms with E-state index >= 15 is 0 Å². The third kappa shape index (κ3) is 5.59. The van der Waals surface area contributed by atoms with Crippen molar-refractivity contribution in [3.05, 3.63) is 47.5 Å². The molecule has 0 aliphatic carbocycles. The molecule has 3 rings (SSSR count). The van der Waals surface area contributed by atoms with Gasteiger partial charge in [-0.3, -0.25) is 4.79 Å². The van der Waals surface area contributed by atoms with Crippen LogP contribution in [0.1, 0.15) is 48.7 Å². The van der Waals surface area contributed by atoms with E-state index in [1.807, 2.05) is 0 Å². The van der Waals surface area contributed by atoms with E-state index in [1.165, 1.54) is 32.4 Å². The first-order valence-electron chi connectivity index (χ1n) is 10.9. The monoisotopic (exact) mass is 476 g/mol. The topological polar surface area (TPSA) is 94.2 Å². The lowest BCUT2D eigenvalue weighted by molar-refractivity contribution is 0.0693. The van der Waals surface area contributed by atoms with Gasteiger partial charge in [0, 0.05) is 24.7 Å². The zero-order valence-corrected chi connectivity index (χ0v) is 20.6. The number of amides is 1. The summed E-state index contributed by atoms with van der Waals surface area (Å²) in [5, 5.41) is 0. The number of ether oxygens (including phenoxy) is 3. The first-order chi connectivity index (χ1) is 15.7. The molecule has 8 nitrogen and oxygen atoms in total. The number of rotatable bonds is 8. The summed E-state index contributed by atoms with van der Waals surface area (Å²) in [6.45, 7) is 5.18. The second-order valence-corrected chi connectivity index (χ2v) is 10.0. The van der Waals surface area contributed by atoms with Gasteiger partial charge in [0.15, 0.2) is 0 Å². The number of carbonyl (C=O) groups excluding carboxylic acids is 1. The van der Waals surface area contributed by atoms with E-state index in [2.05, 4.69) is 11.6 Å². The summed E-state index contributed by atoms with van der Waals surface area (Å²) in [6, 6.07) is 8.93. The smallest absolute Gasteiger partial charge is 0.257 e. The Kier molecular flexibility index (Phi) is 7.86. The number of sulfonamides is 1. The van der Waals surface area contributed by atoms with E-state index in [-0.39, 0.29) is 16.4 Å². The fraction of sp³-hybridized carbons (Fsp3) is 0.458. The summed E-state index contributed by atoms with van der Waals surface area (Å²) in [6.07, 6.45) is 1.85. The summed E-state index contributed by atoms with van der Waals surface area (Å²) in [5.41, 5.74) is 0.870. The fourth-order valence-electron chi connectivity index (χ4n) is 3.95. The largest absolute Gasteiger partial charge is 0.497 e. The highest BCUT2D eigenvalue weighted by Crippen LogP contribution is 2.31. The van der Waals surface area contributed by atoms with Crippen LogP contribution >= 0.6 is 0 Å². The van der Waals surface area contributed by atoms with Gasteiger partial charge < -0.3 is 19.1 Å². The number of nitrogens with zero attached hydrogens (tertiary/aromatic N) is 1. The second kappa shape index (κ2) is 10.4. The van der Waals surface area contributed by atoms with Crippen LogP contribution in [0.4, 0.5) is 0 Å². The van der Waals surface area contributed by atoms with Crippen molar-refractivity contribution in [1.82, 2.24) is 9.62 Å². The van der Waals surface area contributed by atoms with E-state index in [9.17, 15) is 13.2 Å². The molecule has 0 bridgehead atoms. The van der Waals surface area contributed by atoms with Gasteiger partial charge in [0.05, 0.1) is 31.8 Å². The maximum atomic E-state index is 13.2. The van der Waals surface area contributed by atoms with E-state index in [1.54, 1.807) is 37.1 Å². The highest BCUT2D eigenvalue weighted by Gasteiger charge is 2.27. The van der Waals surface area contributed by atoms with Gasteiger partial charge in [-0.1, -0.05) is 6.92 Å². The van der Waals surface area contributed by atoms with Crippen LogP contribution in [-0.2, 0) is 10.0 Å². The van der Waals surface area contributed by atoms with Crippen molar-refractivity contribution in [3.63, 3.8) is 0 Å². The lowest BCUT2D eigenvalue weighted by Gasteiger charge is -2.30. The molecule has 1 atom stereocenters. The van der Waals surface area contributed by atoms with Crippen molar-refractivity contribution in [3.8, 4) is 17.2 Å². The first kappa shape index (κ1) is 24.9. The molecular formula is C24H32N2O6S. The Morgan fingerprint density at radius 1 is 1.00 bits per heavy atom. The van der Waals surface area contributed by atoms with E-state index in [0.29, 0.717) is 41.8 Å². The third-order valence-corrected chi connectivity index (χ3v) is 7.56.